The molecule has 6 nitrogen and oxygen atoms in total. The fourth-order valence-corrected chi connectivity index (χ4v) is 3.88. The number of carbonyl (C=O) groups excluding carboxylic acids is 1. The van der Waals surface area contributed by atoms with Crippen molar-refractivity contribution in [1.29, 1.82) is 0 Å². The first kappa shape index (κ1) is 13.8. The molecular weight excluding hydrogens is 310 g/mol. The summed E-state index contributed by atoms with van der Waals surface area (Å²) in [6, 6.07) is 3.89. The van der Waals surface area contributed by atoms with Gasteiger partial charge < -0.3 is 15.0 Å². The van der Waals surface area contributed by atoms with Crippen molar-refractivity contribution in [2.75, 3.05) is 6.54 Å². The molecule has 0 aliphatic carbocycles. The number of aromatic nitrogens is 2. The molecule has 1 amide bonds. The minimum atomic E-state index is -1.06. The number of rotatable bonds is 5. The molecule has 0 atom stereocenters. The first-order chi connectivity index (χ1) is 10.1. The van der Waals surface area contributed by atoms with Crippen molar-refractivity contribution >= 4 is 43.9 Å². The van der Waals surface area contributed by atoms with E-state index in [0.717, 1.165) is 9.40 Å². The molecule has 3 heterocycles. The minimum absolute atomic E-state index is 0.000166. The number of fused-ring (bicyclic) bond motifs is 1. The molecule has 3 aromatic heterocycles. The van der Waals surface area contributed by atoms with E-state index in [1.807, 2.05) is 17.5 Å². The molecule has 0 aromatic carbocycles. The number of thiophene rings is 2. The van der Waals surface area contributed by atoms with Crippen LogP contribution in [0.4, 0.5) is 0 Å². The van der Waals surface area contributed by atoms with E-state index in [1.54, 1.807) is 15.9 Å². The highest BCUT2D eigenvalue weighted by atomic mass is 32.1. The first-order valence-corrected chi connectivity index (χ1v) is 7.83. The van der Waals surface area contributed by atoms with Crippen LogP contribution in [-0.4, -0.2) is 33.1 Å². The molecule has 0 fully saturated rings. The van der Waals surface area contributed by atoms with Gasteiger partial charge in [0.25, 0.3) is 5.91 Å². The van der Waals surface area contributed by atoms with E-state index in [-0.39, 0.29) is 11.6 Å². The van der Waals surface area contributed by atoms with Gasteiger partial charge in [-0.05, 0) is 17.5 Å². The third kappa shape index (κ3) is 2.96. The Bertz CT molecular complexity index is 774. The zero-order valence-corrected chi connectivity index (χ0v) is 12.4. The highest BCUT2D eigenvalue weighted by Crippen LogP contribution is 2.29. The summed E-state index contributed by atoms with van der Waals surface area (Å²) < 4.78 is 3.87. The van der Waals surface area contributed by atoms with Crippen LogP contribution in [0, 0.1) is 0 Å². The third-order valence-electron chi connectivity index (χ3n) is 2.87. The molecule has 2 N–H and O–H groups in total. The van der Waals surface area contributed by atoms with Gasteiger partial charge in [0.15, 0.2) is 5.69 Å². The van der Waals surface area contributed by atoms with Crippen molar-refractivity contribution < 1.29 is 14.7 Å². The molecule has 0 spiro atoms. The average molecular weight is 321 g/mol. The van der Waals surface area contributed by atoms with Gasteiger partial charge in [-0.2, -0.15) is 0 Å². The lowest BCUT2D eigenvalue weighted by Crippen LogP contribution is -2.26. The largest absolute Gasteiger partial charge is 0.476 e. The zero-order chi connectivity index (χ0) is 14.8. The Kier molecular flexibility index (Phi) is 3.72. The molecule has 0 aliphatic rings. The molecule has 0 aliphatic heterocycles. The van der Waals surface area contributed by atoms with Crippen LogP contribution < -0.4 is 5.32 Å². The van der Waals surface area contributed by atoms with E-state index in [2.05, 4.69) is 10.3 Å². The van der Waals surface area contributed by atoms with E-state index in [0.29, 0.717) is 18.0 Å². The third-order valence-corrected chi connectivity index (χ3v) is 4.96. The molecule has 21 heavy (non-hydrogen) atoms. The molecule has 0 radical (unpaired) electrons. The Labute approximate surface area is 127 Å². The number of carboxylic acid groups (broad SMARTS) is 1. The lowest BCUT2D eigenvalue weighted by molar-refractivity contribution is 0.0690. The molecule has 0 saturated heterocycles. The quantitative estimate of drug-likeness (QED) is 0.755. The monoisotopic (exact) mass is 321 g/mol. The van der Waals surface area contributed by atoms with Gasteiger partial charge >= 0.3 is 5.97 Å². The predicted octanol–water partition coefficient (Wildman–Crippen LogP) is 2.29. The van der Waals surface area contributed by atoms with E-state index in [4.69, 9.17) is 5.11 Å². The Morgan fingerprint density at radius 3 is 2.95 bits per heavy atom. The van der Waals surface area contributed by atoms with Crippen molar-refractivity contribution in [2.24, 2.45) is 0 Å². The highest BCUT2D eigenvalue weighted by Gasteiger charge is 2.11. The number of nitrogens with zero attached hydrogens (tertiary/aromatic N) is 2. The summed E-state index contributed by atoms with van der Waals surface area (Å²) in [7, 11) is 0. The summed E-state index contributed by atoms with van der Waals surface area (Å²) in [6.45, 7) is 0.894. The Morgan fingerprint density at radius 1 is 1.38 bits per heavy atom. The molecular formula is C13H11N3O3S2. The maximum atomic E-state index is 12.0. The Morgan fingerprint density at radius 2 is 2.24 bits per heavy atom. The van der Waals surface area contributed by atoms with Gasteiger partial charge in [0, 0.05) is 28.7 Å². The number of carboxylic acids is 1. The fourth-order valence-electron chi connectivity index (χ4n) is 1.86. The summed E-state index contributed by atoms with van der Waals surface area (Å²) >= 11 is 3.08. The lowest BCUT2D eigenvalue weighted by atomic mass is 10.4. The summed E-state index contributed by atoms with van der Waals surface area (Å²) in [6.07, 6.45) is 2.88. The minimum Gasteiger partial charge on any atom is -0.476 e. The average Bonchev–Trinajstić information content (AvgIpc) is 3.13. The van der Waals surface area contributed by atoms with Crippen molar-refractivity contribution in [3.63, 3.8) is 0 Å². The SMILES string of the molecule is O=C(O)c1cn(CCNC(=O)c2cc3sccc3s2)cn1. The van der Waals surface area contributed by atoms with Gasteiger partial charge in [-0.15, -0.1) is 22.7 Å². The van der Waals surface area contributed by atoms with Crippen LogP contribution in [0.25, 0.3) is 9.40 Å². The smallest absolute Gasteiger partial charge is 0.356 e. The van der Waals surface area contributed by atoms with Crippen molar-refractivity contribution in [1.82, 2.24) is 14.9 Å². The normalized spacial score (nSPS) is 10.9. The number of aromatic carboxylic acids is 1. The summed E-state index contributed by atoms with van der Waals surface area (Å²) in [5.41, 5.74) is -0.000166. The van der Waals surface area contributed by atoms with Gasteiger partial charge in [-0.25, -0.2) is 9.78 Å². The number of amides is 1. The molecule has 0 saturated carbocycles. The van der Waals surface area contributed by atoms with E-state index in [1.165, 1.54) is 23.9 Å². The number of nitrogens with one attached hydrogen (secondary N) is 1. The summed E-state index contributed by atoms with van der Waals surface area (Å²) in [5, 5.41) is 13.6. The van der Waals surface area contributed by atoms with Crippen LogP contribution >= 0.6 is 22.7 Å². The second-order valence-electron chi connectivity index (χ2n) is 4.32. The van der Waals surface area contributed by atoms with Gasteiger partial charge in [-0.1, -0.05) is 0 Å². The number of carbonyl (C=O) groups is 2. The van der Waals surface area contributed by atoms with Gasteiger partial charge in [-0.3, -0.25) is 4.79 Å². The van der Waals surface area contributed by atoms with Crippen molar-refractivity contribution in [2.45, 2.75) is 6.54 Å². The Balaban J connectivity index is 1.55. The highest BCUT2D eigenvalue weighted by molar-refractivity contribution is 7.27. The summed E-state index contributed by atoms with van der Waals surface area (Å²) in [4.78, 5) is 27.1. The molecule has 3 aromatic rings. The standard InChI is InChI=1S/C13H11N3O3S2/c17-12(11-5-10-9(21-11)1-4-20-10)14-2-3-16-6-8(13(18)19)15-7-16/h1,4-7H,2-3H2,(H,14,17)(H,18,19). The molecule has 0 bridgehead atoms. The predicted molar refractivity (Wildman–Crippen MR) is 81.2 cm³/mol. The van der Waals surface area contributed by atoms with E-state index < -0.39 is 5.97 Å². The van der Waals surface area contributed by atoms with E-state index >= 15 is 0 Å². The van der Waals surface area contributed by atoms with Crippen LogP contribution in [0.1, 0.15) is 20.2 Å². The fraction of sp³-hybridized carbons (Fsp3) is 0.154. The van der Waals surface area contributed by atoms with E-state index in [9.17, 15) is 9.59 Å². The second-order valence-corrected chi connectivity index (χ2v) is 6.35. The maximum Gasteiger partial charge on any atom is 0.356 e. The molecule has 0 unspecified atom stereocenters. The van der Waals surface area contributed by atoms with Gasteiger partial charge in [0.1, 0.15) is 0 Å². The first-order valence-electron chi connectivity index (χ1n) is 6.14. The molecule has 8 heteroatoms. The van der Waals surface area contributed by atoms with Gasteiger partial charge in [0.2, 0.25) is 0 Å². The number of hydrogen-bond donors (Lipinski definition) is 2. The topological polar surface area (TPSA) is 84.2 Å². The van der Waals surface area contributed by atoms with Crippen LogP contribution in [-0.2, 0) is 6.54 Å². The maximum absolute atomic E-state index is 12.0. The van der Waals surface area contributed by atoms with Crippen LogP contribution in [0.15, 0.2) is 30.0 Å². The number of imidazole rings is 1. The summed E-state index contributed by atoms with van der Waals surface area (Å²) in [5.74, 6) is -1.17. The van der Waals surface area contributed by atoms with Crippen LogP contribution in [0.3, 0.4) is 0 Å². The lowest BCUT2D eigenvalue weighted by Gasteiger charge is -2.03. The second kappa shape index (κ2) is 5.66. The zero-order valence-electron chi connectivity index (χ0n) is 10.8. The Hall–Kier alpha value is -2.19. The molecule has 3 rings (SSSR count). The van der Waals surface area contributed by atoms with Crippen LogP contribution in [0.5, 0.6) is 0 Å². The molecule has 108 valence electrons. The number of hydrogen-bond acceptors (Lipinski definition) is 5. The van der Waals surface area contributed by atoms with Gasteiger partial charge in [0.05, 0.1) is 11.2 Å². The van der Waals surface area contributed by atoms with Crippen molar-refractivity contribution in [3.05, 3.63) is 40.6 Å². The van der Waals surface area contributed by atoms with Crippen LogP contribution in [0.2, 0.25) is 0 Å². The van der Waals surface area contributed by atoms with Crippen molar-refractivity contribution in [3.8, 4) is 0 Å².